The van der Waals surface area contributed by atoms with Crippen molar-refractivity contribution in [1.82, 2.24) is 9.71 Å². The number of anilines is 1. The molecule has 3 rings (SSSR count). The first kappa shape index (κ1) is 20.2. The first-order valence-electron chi connectivity index (χ1n) is 8.30. The van der Waals surface area contributed by atoms with Gasteiger partial charge in [-0.3, -0.25) is 9.78 Å². The molecular formula is C17H19N3O6S2. The maximum absolute atomic E-state index is 12.8. The minimum Gasteiger partial charge on any atom is -0.495 e. The van der Waals surface area contributed by atoms with Crippen LogP contribution in [-0.2, 0) is 31.4 Å². The number of amides is 1. The number of nitrogens with one attached hydrogen (secondary N) is 1. The highest BCUT2D eigenvalue weighted by Crippen LogP contribution is 2.33. The third kappa shape index (κ3) is 3.86. The van der Waals surface area contributed by atoms with E-state index in [9.17, 15) is 21.6 Å². The summed E-state index contributed by atoms with van der Waals surface area (Å²) in [5.41, 5.74) is 0.459. The molecule has 1 aromatic heterocycles. The third-order valence-corrected chi connectivity index (χ3v) is 7.49. The molecule has 2 heterocycles. The summed E-state index contributed by atoms with van der Waals surface area (Å²) in [5.74, 6) is -1.60. The van der Waals surface area contributed by atoms with E-state index in [1.165, 1.54) is 32.4 Å². The lowest BCUT2D eigenvalue weighted by Gasteiger charge is -2.18. The molecule has 1 N–H and O–H groups in total. The standard InChI is InChI=1S/C17H19N3O6S2/c1-12-11-27(22,23)20(17(12)21)14-6-7-15(26-2)16(9-14)28(24,25)19-10-13-5-3-4-8-18-13/h3-9,12,19H,10-11H2,1-2H3/t12-/m0/s1. The van der Waals surface area contributed by atoms with E-state index in [2.05, 4.69) is 9.71 Å². The molecule has 0 radical (unpaired) electrons. The largest absolute Gasteiger partial charge is 0.495 e. The van der Waals surface area contributed by atoms with Gasteiger partial charge in [0.05, 0.1) is 36.7 Å². The zero-order valence-electron chi connectivity index (χ0n) is 15.2. The first-order valence-corrected chi connectivity index (χ1v) is 11.4. The number of hydrogen-bond acceptors (Lipinski definition) is 7. The number of pyridine rings is 1. The van der Waals surface area contributed by atoms with Crippen molar-refractivity contribution >= 4 is 31.6 Å². The first-order chi connectivity index (χ1) is 13.2. The van der Waals surface area contributed by atoms with Crippen LogP contribution in [0.4, 0.5) is 5.69 Å². The summed E-state index contributed by atoms with van der Waals surface area (Å²) in [5, 5.41) is 0. The topological polar surface area (TPSA) is 123 Å². The number of rotatable bonds is 6. The molecule has 9 nitrogen and oxygen atoms in total. The van der Waals surface area contributed by atoms with Crippen molar-refractivity contribution < 1.29 is 26.4 Å². The lowest BCUT2D eigenvalue weighted by Crippen LogP contribution is -2.31. The third-order valence-electron chi connectivity index (χ3n) is 4.20. The van der Waals surface area contributed by atoms with Gasteiger partial charge in [-0.15, -0.1) is 0 Å². The quantitative estimate of drug-likeness (QED) is 0.729. The molecule has 2 aromatic rings. The van der Waals surface area contributed by atoms with Crippen molar-refractivity contribution in [3.63, 3.8) is 0 Å². The summed E-state index contributed by atoms with van der Waals surface area (Å²) in [4.78, 5) is 16.1. The number of hydrogen-bond donors (Lipinski definition) is 1. The van der Waals surface area contributed by atoms with Gasteiger partial charge >= 0.3 is 0 Å². The van der Waals surface area contributed by atoms with Crippen LogP contribution in [-0.4, -0.2) is 40.6 Å². The molecule has 0 spiro atoms. The Morgan fingerprint density at radius 1 is 1.29 bits per heavy atom. The molecule has 1 amide bonds. The molecule has 0 aliphatic carbocycles. The van der Waals surface area contributed by atoms with E-state index >= 15 is 0 Å². The van der Waals surface area contributed by atoms with Crippen molar-refractivity contribution in [2.45, 2.75) is 18.4 Å². The van der Waals surface area contributed by atoms with Gasteiger partial charge in [0.2, 0.25) is 26.0 Å². The van der Waals surface area contributed by atoms with Crippen molar-refractivity contribution in [3.05, 3.63) is 48.3 Å². The molecule has 0 bridgehead atoms. The molecule has 1 atom stereocenters. The van der Waals surface area contributed by atoms with Crippen LogP contribution in [0.15, 0.2) is 47.5 Å². The van der Waals surface area contributed by atoms with E-state index in [1.807, 2.05) is 0 Å². The van der Waals surface area contributed by atoms with Crippen LogP contribution >= 0.6 is 0 Å². The van der Waals surface area contributed by atoms with Crippen molar-refractivity contribution in [2.75, 3.05) is 17.2 Å². The minimum absolute atomic E-state index is 0.0226. The van der Waals surface area contributed by atoms with Crippen LogP contribution in [0.5, 0.6) is 5.75 Å². The van der Waals surface area contributed by atoms with E-state index in [4.69, 9.17) is 4.74 Å². The maximum Gasteiger partial charge on any atom is 0.244 e. The highest BCUT2D eigenvalue weighted by molar-refractivity contribution is 7.94. The normalized spacial score (nSPS) is 19.0. The van der Waals surface area contributed by atoms with Crippen LogP contribution in [0.1, 0.15) is 12.6 Å². The number of methoxy groups -OCH3 is 1. The van der Waals surface area contributed by atoms with Gasteiger partial charge < -0.3 is 4.74 Å². The summed E-state index contributed by atoms with van der Waals surface area (Å²) in [6.45, 7) is 1.45. The van der Waals surface area contributed by atoms with Gasteiger partial charge in [0.1, 0.15) is 10.6 Å². The molecule has 1 fully saturated rings. The minimum atomic E-state index is -4.07. The molecule has 0 saturated carbocycles. The van der Waals surface area contributed by atoms with Crippen LogP contribution in [0.3, 0.4) is 0 Å². The Labute approximate surface area is 163 Å². The molecule has 11 heteroatoms. The Morgan fingerprint density at radius 3 is 2.61 bits per heavy atom. The fourth-order valence-electron chi connectivity index (χ4n) is 2.84. The number of carbonyl (C=O) groups excluding carboxylic acids is 1. The molecule has 1 aliphatic rings. The van der Waals surface area contributed by atoms with E-state index in [1.54, 1.807) is 18.2 Å². The summed E-state index contributed by atoms with van der Waals surface area (Å²) in [6, 6.07) is 8.86. The lowest BCUT2D eigenvalue weighted by atomic mass is 10.2. The number of aromatic nitrogens is 1. The number of nitrogens with zero attached hydrogens (tertiary/aromatic N) is 2. The fourth-order valence-corrected chi connectivity index (χ4v) is 5.84. The number of carbonyl (C=O) groups is 1. The van der Waals surface area contributed by atoms with Gasteiger partial charge in [-0.1, -0.05) is 13.0 Å². The summed E-state index contributed by atoms with van der Waals surface area (Å²) in [7, 11) is -6.63. The second-order valence-electron chi connectivity index (χ2n) is 6.26. The van der Waals surface area contributed by atoms with Gasteiger partial charge in [-0.2, -0.15) is 0 Å². The molecule has 28 heavy (non-hydrogen) atoms. The number of ether oxygens (including phenoxy) is 1. The van der Waals surface area contributed by atoms with E-state index < -0.39 is 31.9 Å². The van der Waals surface area contributed by atoms with Gasteiger partial charge in [0.25, 0.3) is 0 Å². The van der Waals surface area contributed by atoms with Crippen molar-refractivity contribution in [3.8, 4) is 5.75 Å². The van der Waals surface area contributed by atoms with Gasteiger partial charge in [-0.05, 0) is 30.3 Å². The van der Waals surface area contributed by atoms with Gasteiger partial charge in [-0.25, -0.2) is 25.9 Å². The predicted molar refractivity (Wildman–Crippen MR) is 102 cm³/mol. The zero-order valence-corrected chi connectivity index (χ0v) is 16.8. The van der Waals surface area contributed by atoms with E-state index in [0.717, 1.165) is 6.07 Å². The molecule has 1 aliphatic heterocycles. The zero-order chi connectivity index (χ0) is 20.5. The lowest BCUT2D eigenvalue weighted by molar-refractivity contribution is -0.119. The Kier molecular flexibility index (Phi) is 5.41. The summed E-state index contributed by atoms with van der Waals surface area (Å²) in [6.07, 6.45) is 1.54. The van der Waals surface area contributed by atoms with Crippen molar-refractivity contribution in [2.24, 2.45) is 5.92 Å². The molecular weight excluding hydrogens is 406 g/mol. The fraction of sp³-hybridized carbons (Fsp3) is 0.294. The second kappa shape index (κ2) is 7.49. The Balaban J connectivity index is 1.98. The van der Waals surface area contributed by atoms with Crippen LogP contribution in [0, 0.1) is 5.92 Å². The average Bonchev–Trinajstić information content (AvgIpc) is 2.87. The second-order valence-corrected chi connectivity index (χ2v) is 9.86. The van der Waals surface area contributed by atoms with E-state index in [0.29, 0.717) is 10.00 Å². The molecule has 150 valence electrons. The molecule has 1 aromatic carbocycles. The van der Waals surface area contributed by atoms with Gasteiger partial charge in [0.15, 0.2) is 0 Å². The SMILES string of the molecule is COc1ccc(N2C(=O)[C@@H](C)CS2(=O)=O)cc1S(=O)(=O)NCc1ccccn1. The average molecular weight is 425 g/mol. The maximum atomic E-state index is 12.8. The number of benzene rings is 1. The smallest absolute Gasteiger partial charge is 0.244 e. The van der Waals surface area contributed by atoms with Crippen molar-refractivity contribution in [1.29, 1.82) is 0 Å². The van der Waals surface area contributed by atoms with Crippen LogP contribution < -0.4 is 13.8 Å². The monoisotopic (exact) mass is 425 g/mol. The Hall–Kier alpha value is -2.50. The number of sulfonamides is 2. The predicted octanol–water partition coefficient (Wildman–Crippen LogP) is 0.881. The highest BCUT2D eigenvalue weighted by atomic mass is 32.2. The molecule has 0 unspecified atom stereocenters. The highest BCUT2D eigenvalue weighted by Gasteiger charge is 2.42. The van der Waals surface area contributed by atoms with Gasteiger partial charge in [0, 0.05) is 6.20 Å². The van der Waals surface area contributed by atoms with E-state index in [-0.39, 0.29) is 28.6 Å². The Morgan fingerprint density at radius 2 is 2.04 bits per heavy atom. The van der Waals surface area contributed by atoms with Crippen LogP contribution in [0.25, 0.3) is 0 Å². The van der Waals surface area contributed by atoms with Crippen LogP contribution in [0.2, 0.25) is 0 Å². The summed E-state index contributed by atoms with van der Waals surface area (Å²) >= 11 is 0. The Bertz CT molecular complexity index is 1100. The summed E-state index contributed by atoms with van der Waals surface area (Å²) < 4.78 is 58.4. The molecule has 1 saturated heterocycles.